The molecule has 0 aromatic carbocycles. The van der Waals surface area contributed by atoms with E-state index in [4.69, 9.17) is 5.11 Å². The molecule has 5 nitrogen and oxygen atoms in total. The molecule has 3 N–H and O–H groups in total. The Bertz CT molecular complexity index is 583. The summed E-state index contributed by atoms with van der Waals surface area (Å²) in [6, 6.07) is 0. The number of rotatable bonds is 6. The third kappa shape index (κ3) is 4.63. The van der Waals surface area contributed by atoms with Crippen molar-refractivity contribution < 1.29 is 20.1 Å². The number of aliphatic carboxylic acids is 1. The van der Waals surface area contributed by atoms with Crippen LogP contribution in [0, 0.1) is 29.6 Å². The van der Waals surface area contributed by atoms with Crippen molar-refractivity contribution in [3.8, 4) is 0 Å². The summed E-state index contributed by atoms with van der Waals surface area (Å²) in [6.45, 7) is 1.01. The molecule has 144 valence electrons. The lowest BCUT2D eigenvalue weighted by atomic mass is 9.66. The molecule has 26 heavy (non-hydrogen) atoms. The van der Waals surface area contributed by atoms with E-state index in [9.17, 15) is 15.0 Å². The van der Waals surface area contributed by atoms with Gasteiger partial charge in [0.05, 0.1) is 12.7 Å². The van der Waals surface area contributed by atoms with Crippen molar-refractivity contribution in [1.82, 2.24) is 0 Å². The normalized spacial score (nSPS) is 37.4. The minimum Gasteiger partial charge on any atom is -0.481 e. The average Bonchev–Trinajstić information content (AvgIpc) is 2.66. The van der Waals surface area contributed by atoms with Crippen molar-refractivity contribution in [3.05, 3.63) is 23.8 Å². The molecule has 0 saturated heterocycles. The van der Waals surface area contributed by atoms with Crippen LogP contribution in [-0.4, -0.2) is 46.8 Å². The SMILES string of the molecule is O=C(O)CCC1CC(O)C=CC1C1C=C(CO)[C@@H](C2C=NCCC2)CC1. The van der Waals surface area contributed by atoms with Crippen LogP contribution in [0.5, 0.6) is 0 Å². The van der Waals surface area contributed by atoms with Gasteiger partial charge in [-0.05, 0) is 67.8 Å². The summed E-state index contributed by atoms with van der Waals surface area (Å²) in [5.74, 6) is 0.794. The summed E-state index contributed by atoms with van der Waals surface area (Å²) >= 11 is 0. The van der Waals surface area contributed by atoms with Crippen LogP contribution in [-0.2, 0) is 4.79 Å². The smallest absolute Gasteiger partial charge is 0.303 e. The van der Waals surface area contributed by atoms with Crippen molar-refractivity contribution in [2.24, 2.45) is 34.6 Å². The Balaban J connectivity index is 1.74. The molecule has 0 spiro atoms. The Hall–Kier alpha value is -1.46. The van der Waals surface area contributed by atoms with E-state index in [-0.39, 0.29) is 24.9 Å². The molecule has 5 unspecified atom stereocenters. The quantitative estimate of drug-likeness (QED) is 0.635. The molecule has 6 atom stereocenters. The summed E-state index contributed by atoms with van der Waals surface area (Å²) in [7, 11) is 0. The fraction of sp³-hybridized carbons (Fsp3) is 0.714. The van der Waals surface area contributed by atoms with E-state index in [0.29, 0.717) is 30.6 Å². The number of aliphatic hydroxyl groups excluding tert-OH is 2. The number of aliphatic imine (C=N–C) groups is 1. The first kappa shape index (κ1) is 19.3. The maximum absolute atomic E-state index is 11.0. The standard InChI is InChI=1S/C21H31NO4/c23-13-17-10-14(3-6-20(17)16-2-1-9-22-12-16)19-7-5-18(24)11-15(19)4-8-21(25)26/h5,7,10,12,14-16,18-20,23-24H,1-4,6,8-9,11,13H2,(H,25,26)/t14?,15?,16?,18?,19?,20-/m1/s1. The molecule has 0 fully saturated rings. The van der Waals surface area contributed by atoms with Gasteiger partial charge in [-0.3, -0.25) is 9.79 Å². The average molecular weight is 361 g/mol. The van der Waals surface area contributed by atoms with Crippen LogP contribution < -0.4 is 0 Å². The molecule has 2 aliphatic carbocycles. The third-order valence-electron chi connectivity index (χ3n) is 6.40. The predicted octanol–water partition coefficient (Wildman–Crippen LogP) is 2.83. The first-order valence-corrected chi connectivity index (χ1v) is 9.98. The van der Waals surface area contributed by atoms with Crippen LogP contribution in [0.4, 0.5) is 0 Å². The van der Waals surface area contributed by atoms with E-state index in [1.807, 2.05) is 6.08 Å². The molecule has 3 rings (SSSR count). The van der Waals surface area contributed by atoms with Gasteiger partial charge in [-0.1, -0.05) is 18.2 Å². The van der Waals surface area contributed by atoms with Crippen LogP contribution in [0.15, 0.2) is 28.8 Å². The van der Waals surface area contributed by atoms with Gasteiger partial charge in [0.1, 0.15) is 0 Å². The van der Waals surface area contributed by atoms with Gasteiger partial charge < -0.3 is 15.3 Å². The van der Waals surface area contributed by atoms with Crippen molar-refractivity contribution >= 4 is 12.2 Å². The number of allylic oxidation sites excluding steroid dienone is 2. The predicted molar refractivity (Wildman–Crippen MR) is 101 cm³/mol. The van der Waals surface area contributed by atoms with Crippen LogP contribution in [0.2, 0.25) is 0 Å². The lowest BCUT2D eigenvalue weighted by Crippen LogP contribution is -2.33. The highest BCUT2D eigenvalue weighted by Crippen LogP contribution is 2.43. The zero-order chi connectivity index (χ0) is 18.5. The van der Waals surface area contributed by atoms with Crippen molar-refractivity contribution in [1.29, 1.82) is 0 Å². The number of carbonyl (C=O) groups is 1. The van der Waals surface area contributed by atoms with E-state index in [2.05, 4.69) is 23.4 Å². The Kier molecular flexibility index (Phi) is 6.65. The summed E-state index contributed by atoms with van der Waals surface area (Å²) in [4.78, 5) is 15.4. The fourth-order valence-electron chi connectivity index (χ4n) is 5.08. The maximum Gasteiger partial charge on any atom is 0.303 e. The van der Waals surface area contributed by atoms with E-state index < -0.39 is 12.1 Å². The van der Waals surface area contributed by atoms with Crippen LogP contribution in [0.25, 0.3) is 0 Å². The number of nitrogens with zero attached hydrogens (tertiary/aromatic N) is 1. The van der Waals surface area contributed by atoms with Gasteiger partial charge in [0.25, 0.3) is 0 Å². The van der Waals surface area contributed by atoms with Gasteiger partial charge in [-0.15, -0.1) is 0 Å². The minimum atomic E-state index is -0.778. The van der Waals surface area contributed by atoms with Gasteiger partial charge in [-0.25, -0.2) is 0 Å². The lowest BCUT2D eigenvalue weighted by Gasteiger charge is -2.39. The Morgan fingerprint density at radius 1 is 1.19 bits per heavy atom. The minimum absolute atomic E-state index is 0.0877. The van der Waals surface area contributed by atoms with Crippen molar-refractivity contribution in [3.63, 3.8) is 0 Å². The maximum atomic E-state index is 11.0. The number of carboxylic acids is 1. The van der Waals surface area contributed by atoms with Crippen molar-refractivity contribution in [2.75, 3.05) is 13.2 Å². The van der Waals surface area contributed by atoms with E-state index in [1.165, 1.54) is 0 Å². The van der Waals surface area contributed by atoms with Crippen LogP contribution in [0.3, 0.4) is 0 Å². The second-order valence-corrected chi connectivity index (χ2v) is 8.07. The third-order valence-corrected chi connectivity index (χ3v) is 6.40. The molecule has 0 bridgehead atoms. The number of hydrogen-bond donors (Lipinski definition) is 3. The highest BCUT2D eigenvalue weighted by atomic mass is 16.4. The first-order chi connectivity index (χ1) is 12.6. The topological polar surface area (TPSA) is 90.1 Å². The highest BCUT2D eigenvalue weighted by molar-refractivity contribution is 5.66. The first-order valence-electron chi connectivity index (χ1n) is 9.98. The molecule has 0 saturated carbocycles. The molecular formula is C21H31NO4. The van der Waals surface area contributed by atoms with Gasteiger partial charge in [0, 0.05) is 25.1 Å². The summed E-state index contributed by atoms with van der Waals surface area (Å²) in [5, 5.41) is 28.9. The largest absolute Gasteiger partial charge is 0.481 e. The summed E-state index contributed by atoms with van der Waals surface area (Å²) < 4.78 is 0. The van der Waals surface area contributed by atoms with Crippen molar-refractivity contribution in [2.45, 2.75) is 51.0 Å². The molecule has 5 heteroatoms. The molecule has 1 aliphatic heterocycles. The van der Waals surface area contributed by atoms with E-state index in [1.54, 1.807) is 0 Å². The zero-order valence-electron chi connectivity index (χ0n) is 15.3. The second kappa shape index (κ2) is 8.96. The second-order valence-electron chi connectivity index (χ2n) is 8.07. The molecule has 0 aromatic heterocycles. The van der Waals surface area contributed by atoms with Gasteiger partial charge in [0.2, 0.25) is 0 Å². The fourth-order valence-corrected chi connectivity index (χ4v) is 5.08. The molecule has 0 radical (unpaired) electrons. The van der Waals surface area contributed by atoms with Gasteiger partial charge >= 0.3 is 5.97 Å². The molecule has 0 amide bonds. The van der Waals surface area contributed by atoms with Gasteiger partial charge in [0.15, 0.2) is 0 Å². The molecular weight excluding hydrogens is 330 g/mol. The number of hydrogen-bond acceptors (Lipinski definition) is 4. The molecule has 3 aliphatic rings. The van der Waals surface area contributed by atoms with E-state index >= 15 is 0 Å². The van der Waals surface area contributed by atoms with Gasteiger partial charge in [-0.2, -0.15) is 0 Å². The van der Waals surface area contributed by atoms with Crippen LogP contribution in [0.1, 0.15) is 44.9 Å². The Morgan fingerprint density at radius 2 is 2.04 bits per heavy atom. The Labute approximate surface area is 155 Å². The molecule has 0 aromatic rings. The zero-order valence-corrected chi connectivity index (χ0v) is 15.3. The molecule has 1 heterocycles. The lowest BCUT2D eigenvalue weighted by molar-refractivity contribution is -0.137. The summed E-state index contributed by atoms with van der Waals surface area (Å²) in [6.07, 6.45) is 13.5. The van der Waals surface area contributed by atoms with E-state index in [0.717, 1.165) is 37.8 Å². The number of carboxylic acid groups (broad SMARTS) is 1. The monoisotopic (exact) mass is 361 g/mol. The number of aliphatic hydroxyl groups is 2. The van der Waals surface area contributed by atoms with Crippen LogP contribution >= 0.6 is 0 Å². The Morgan fingerprint density at radius 3 is 2.73 bits per heavy atom. The highest BCUT2D eigenvalue weighted by Gasteiger charge is 2.35. The summed E-state index contributed by atoms with van der Waals surface area (Å²) in [5.41, 5.74) is 1.12.